The molecule has 0 amide bonds. The molecule has 534 valence electrons. The van der Waals surface area contributed by atoms with Gasteiger partial charge in [0.05, 0.1) is 27.7 Å². The van der Waals surface area contributed by atoms with E-state index in [2.05, 4.69) is 111 Å². The fourth-order valence-corrected chi connectivity index (χ4v) is 11.9. The Bertz CT molecular complexity index is 1880. The molecule has 0 saturated carbocycles. The van der Waals surface area contributed by atoms with Gasteiger partial charge < -0.3 is 18.9 Å². The molecule has 10 heteroatoms. The molecule has 0 bridgehead atoms. The van der Waals surface area contributed by atoms with Gasteiger partial charge >= 0.3 is 19.8 Å². The minimum atomic E-state index is -4.40. The molecule has 0 aliphatic rings. The van der Waals surface area contributed by atoms with Crippen molar-refractivity contribution in [1.82, 2.24) is 0 Å². The number of esters is 2. The molecule has 0 aromatic rings. The van der Waals surface area contributed by atoms with Crippen LogP contribution in [-0.4, -0.2) is 74.9 Å². The fourth-order valence-electron chi connectivity index (χ4n) is 11.2. The van der Waals surface area contributed by atoms with Gasteiger partial charge in [0.15, 0.2) is 6.10 Å². The van der Waals surface area contributed by atoms with Gasteiger partial charge in [-0.15, -0.1) is 0 Å². The molecule has 1 N–H and O–H groups in total. The number of likely N-dealkylation sites (N-methyl/N-ethyl adjacent to an activating group) is 1. The van der Waals surface area contributed by atoms with E-state index in [-0.39, 0.29) is 32.0 Å². The molecule has 0 aromatic heterocycles. The van der Waals surface area contributed by atoms with Gasteiger partial charge in [-0.2, -0.15) is 0 Å². The number of phosphoric acid groups is 1. The van der Waals surface area contributed by atoms with Crippen LogP contribution in [0.3, 0.4) is 0 Å². The maximum Gasteiger partial charge on any atom is 0.472 e. The summed E-state index contributed by atoms with van der Waals surface area (Å²) in [5.41, 5.74) is 0. The van der Waals surface area contributed by atoms with Gasteiger partial charge in [-0.3, -0.25) is 18.6 Å². The first-order chi connectivity index (χ1) is 45.0. The predicted octanol–water partition coefficient (Wildman–Crippen LogP) is 25.8. The van der Waals surface area contributed by atoms with E-state index >= 15 is 0 Å². The van der Waals surface area contributed by atoms with Crippen LogP contribution in [0.1, 0.15) is 361 Å². The standard InChI is InChI=1S/C82H148NO8P/c1-6-8-10-12-14-16-18-20-22-24-26-28-30-32-34-35-36-37-38-39-40-41-42-43-44-45-46-47-49-50-52-54-56-58-60-62-64-66-68-70-72-74-81(84)88-78-80(79-90-92(86,87)89-77-76-83(3,4)5)91-82(85)75-73-71-69-67-65-63-61-59-57-55-53-51-48-33-31-29-27-25-23-21-19-17-15-13-11-9-7-2/h9,11,15,17-18,20-21,23-24,26-27,29,33,48,53,55,80H,6-8,10,12-14,16,19,22,25,28,30-32,34-47,49-52,54,56-79H2,1-5H3/p+1/b11-9-,17-15-,20-18-,23-21-,26-24-,29-27-,48-33-,55-53-. The molecule has 0 saturated heterocycles. The van der Waals surface area contributed by atoms with Crippen LogP contribution in [0.5, 0.6) is 0 Å². The third-order valence-electron chi connectivity index (χ3n) is 17.1. The van der Waals surface area contributed by atoms with E-state index in [1.165, 1.54) is 238 Å². The Labute approximate surface area is 570 Å². The summed E-state index contributed by atoms with van der Waals surface area (Å²) >= 11 is 0. The Kier molecular flexibility index (Phi) is 69.8. The van der Waals surface area contributed by atoms with Gasteiger partial charge in [-0.25, -0.2) is 4.57 Å². The average Bonchev–Trinajstić information content (AvgIpc) is 2.14. The molecule has 0 fully saturated rings. The second kappa shape index (κ2) is 72.2. The monoisotopic (exact) mass is 1310 g/mol. The molecule has 2 atom stereocenters. The van der Waals surface area contributed by atoms with Gasteiger partial charge in [-0.05, 0) is 96.3 Å². The number of hydrogen-bond acceptors (Lipinski definition) is 7. The highest BCUT2D eigenvalue weighted by atomic mass is 31.2. The minimum absolute atomic E-state index is 0.0275. The number of carbonyl (C=O) groups excluding carboxylic acids is 2. The predicted molar refractivity (Wildman–Crippen MR) is 399 cm³/mol. The lowest BCUT2D eigenvalue weighted by molar-refractivity contribution is -0.870. The Morgan fingerprint density at radius 2 is 0.620 bits per heavy atom. The van der Waals surface area contributed by atoms with Crippen molar-refractivity contribution in [1.29, 1.82) is 0 Å². The van der Waals surface area contributed by atoms with Crippen molar-refractivity contribution in [3.8, 4) is 0 Å². The van der Waals surface area contributed by atoms with Crippen molar-refractivity contribution in [2.75, 3.05) is 47.5 Å². The highest BCUT2D eigenvalue weighted by molar-refractivity contribution is 7.47. The number of quaternary nitrogens is 1. The first-order valence-electron chi connectivity index (χ1n) is 39.0. The van der Waals surface area contributed by atoms with Gasteiger partial charge in [0.1, 0.15) is 19.8 Å². The van der Waals surface area contributed by atoms with Crippen LogP contribution in [0.4, 0.5) is 0 Å². The Hall–Kier alpha value is -3.07. The van der Waals surface area contributed by atoms with Gasteiger partial charge in [0.2, 0.25) is 0 Å². The quantitative estimate of drug-likeness (QED) is 0.0211. The second-order valence-corrected chi connectivity index (χ2v) is 28.8. The molecule has 0 radical (unpaired) electrons. The molecule has 0 aliphatic carbocycles. The maximum atomic E-state index is 12.9. The molecular weight excluding hydrogens is 1160 g/mol. The van der Waals surface area contributed by atoms with Crippen LogP contribution >= 0.6 is 7.82 Å². The van der Waals surface area contributed by atoms with Crippen LogP contribution < -0.4 is 0 Å². The Balaban J connectivity index is 3.93. The summed E-state index contributed by atoms with van der Waals surface area (Å²) in [5, 5.41) is 0. The number of unbranched alkanes of at least 4 members (excludes halogenated alkanes) is 42. The second-order valence-electron chi connectivity index (χ2n) is 27.4. The Morgan fingerprint density at radius 1 is 0.348 bits per heavy atom. The normalized spacial score (nSPS) is 13.6. The maximum absolute atomic E-state index is 12.9. The number of hydrogen-bond donors (Lipinski definition) is 1. The summed E-state index contributed by atoms with van der Waals surface area (Å²) in [5.74, 6) is -0.797. The summed E-state index contributed by atoms with van der Waals surface area (Å²) in [7, 11) is 1.47. The third kappa shape index (κ3) is 76.0. The lowest BCUT2D eigenvalue weighted by atomic mass is 10.0. The fraction of sp³-hybridized carbons (Fsp3) is 0.780. The summed E-state index contributed by atoms with van der Waals surface area (Å²) in [6.45, 7) is 4.34. The molecule has 92 heavy (non-hydrogen) atoms. The van der Waals surface area contributed by atoms with Crippen molar-refractivity contribution in [2.45, 2.75) is 367 Å². The number of nitrogens with zero attached hydrogens (tertiary/aromatic N) is 1. The van der Waals surface area contributed by atoms with Gasteiger partial charge in [0.25, 0.3) is 0 Å². The SMILES string of the molecule is CC/C=C\C/C=C\C/C=C\C/C=C\C/C=C\C/C=C\CCCCCCCCCCC(=O)OC(COC(=O)CCCCCCCCCCCCCCCCCCCCCCCCCCCCCCC/C=C\C/C=C\CCCCCCC)COP(=O)(O)OCC[N+](C)(C)C. The number of ether oxygens (including phenoxy) is 2. The zero-order chi connectivity index (χ0) is 66.9. The zero-order valence-corrected chi connectivity index (χ0v) is 61.9. The Morgan fingerprint density at radius 3 is 0.924 bits per heavy atom. The number of rotatable bonds is 72. The topological polar surface area (TPSA) is 108 Å². The summed E-state index contributed by atoms with van der Waals surface area (Å²) in [6, 6.07) is 0. The molecule has 0 aromatic carbocycles. The first kappa shape index (κ1) is 88.9. The molecular formula is C82H149NO8P+. The summed E-state index contributed by atoms with van der Waals surface area (Å²) in [6.07, 6.45) is 101. The number of allylic oxidation sites excluding steroid dienone is 16. The zero-order valence-electron chi connectivity index (χ0n) is 61.0. The lowest BCUT2D eigenvalue weighted by Crippen LogP contribution is -2.37. The largest absolute Gasteiger partial charge is 0.472 e. The summed E-state index contributed by atoms with van der Waals surface area (Å²) in [4.78, 5) is 35.9. The van der Waals surface area contributed by atoms with Crippen LogP contribution in [0, 0.1) is 0 Å². The molecule has 0 rings (SSSR count). The van der Waals surface area contributed by atoms with Crippen LogP contribution in [0.25, 0.3) is 0 Å². The third-order valence-corrected chi connectivity index (χ3v) is 18.1. The van der Waals surface area contributed by atoms with E-state index in [9.17, 15) is 19.0 Å². The van der Waals surface area contributed by atoms with Gasteiger partial charge in [0, 0.05) is 12.8 Å². The van der Waals surface area contributed by atoms with Crippen molar-refractivity contribution >= 4 is 19.8 Å². The van der Waals surface area contributed by atoms with Crippen molar-refractivity contribution < 1.29 is 42.1 Å². The van der Waals surface area contributed by atoms with Crippen molar-refractivity contribution in [3.63, 3.8) is 0 Å². The van der Waals surface area contributed by atoms with Gasteiger partial charge in [-0.1, -0.05) is 349 Å². The van der Waals surface area contributed by atoms with Crippen LogP contribution in [0.2, 0.25) is 0 Å². The highest BCUT2D eigenvalue weighted by Crippen LogP contribution is 2.43. The smallest absolute Gasteiger partial charge is 0.462 e. The van der Waals surface area contributed by atoms with E-state index in [0.717, 1.165) is 89.9 Å². The van der Waals surface area contributed by atoms with E-state index in [1.54, 1.807) is 0 Å². The summed E-state index contributed by atoms with van der Waals surface area (Å²) < 4.78 is 34.8. The molecule has 0 spiro atoms. The molecule has 0 heterocycles. The molecule has 9 nitrogen and oxygen atoms in total. The van der Waals surface area contributed by atoms with Crippen LogP contribution in [-0.2, 0) is 32.7 Å². The number of phosphoric ester groups is 1. The van der Waals surface area contributed by atoms with E-state index in [4.69, 9.17) is 18.5 Å². The highest BCUT2D eigenvalue weighted by Gasteiger charge is 2.27. The number of carbonyl (C=O) groups is 2. The van der Waals surface area contributed by atoms with Crippen molar-refractivity contribution in [3.05, 3.63) is 97.2 Å². The minimum Gasteiger partial charge on any atom is -0.462 e. The average molecular weight is 1310 g/mol. The molecule has 0 aliphatic heterocycles. The van der Waals surface area contributed by atoms with E-state index in [1.807, 2.05) is 21.1 Å². The van der Waals surface area contributed by atoms with Crippen LogP contribution in [0.15, 0.2) is 97.2 Å². The first-order valence-corrected chi connectivity index (χ1v) is 40.5. The van der Waals surface area contributed by atoms with Crippen molar-refractivity contribution in [2.24, 2.45) is 0 Å². The van der Waals surface area contributed by atoms with E-state index < -0.39 is 26.5 Å². The molecule has 2 unspecified atom stereocenters. The lowest BCUT2D eigenvalue weighted by Gasteiger charge is -2.24. The van der Waals surface area contributed by atoms with E-state index in [0.29, 0.717) is 17.4 Å².